The lowest BCUT2D eigenvalue weighted by atomic mass is 9.99. The molecular weight excluding hydrogens is 246 g/mol. The van der Waals surface area contributed by atoms with Crippen LogP contribution >= 0.6 is 0 Å². The Morgan fingerprint density at radius 1 is 1.05 bits per heavy atom. The first kappa shape index (κ1) is 17.9. The van der Waals surface area contributed by atoms with Gasteiger partial charge < -0.3 is 10.2 Å². The molecule has 0 radical (unpaired) electrons. The van der Waals surface area contributed by atoms with Crippen LogP contribution in [0.15, 0.2) is 0 Å². The van der Waals surface area contributed by atoms with Crippen molar-refractivity contribution in [2.75, 3.05) is 40.3 Å². The maximum Gasteiger partial charge on any atom is 0.0249 e. The number of hydrogen-bond donors (Lipinski definition) is 1. The molecular formula is C17H37N3. The van der Waals surface area contributed by atoms with E-state index in [1.165, 1.54) is 51.7 Å². The standard InChI is InChI=1S/C17H37N3/c1-6-18-16-10-8-7-9-11-17(16)20(14-15(2)3)13-12-19(4)5/h15-18H,6-14H2,1-5H3. The van der Waals surface area contributed by atoms with Gasteiger partial charge in [0, 0.05) is 31.7 Å². The van der Waals surface area contributed by atoms with Gasteiger partial charge >= 0.3 is 0 Å². The highest BCUT2D eigenvalue weighted by Gasteiger charge is 2.28. The minimum absolute atomic E-state index is 0.698. The topological polar surface area (TPSA) is 18.5 Å². The van der Waals surface area contributed by atoms with Gasteiger partial charge in [0.25, 0.3) is 0 Å². The molecule has 3 nitrogen and oxygen atoms in total. The van der Waals surface area contributed by atoms with Gasteiger partial charge in [-0.1, -0.05) is 40.0 Å². The van der Waals surface area contributed by atoms with Gasteiger partial charge in [-0.2, -0.15) is 0 Å². The van der Waals surface area contributed by atoms with Gasteiger partial charge in [-0.3, -0.25) is 4.90 Å². The summed E-state index contributed by atoms with van der Waals surface area (Å²) in [5.41, 5.74) is 0. The molecule has 0 aromatic rings. The van der Waals surface area contributed by atoms with Gasteiger partial charge in [0.15, 0.2) is 0 Å². The van der Waals surface area contributed by atoms with Crippen molar-refractivity contribution >= 4 is 0 Å². The molecule has 0 bridgehead atoms. The summed E-state index contributed by atoms with van der Waals surface area (Å²) in [5, 5.41) is 3.76. The van der Waals surface area contributed by atoms with E-state index in [1.807, 2.05) is 0 Å². The van der Waals surface area contributed by atoms with Crippen LogP contribution in [0.3, 0.4) is 0 Å². The van der Waals surface area contributed by atoms with Gasteiger partial charge in [0.2, 0.25) is 0 Å². The molecule has 0 spiro atoms. The van der Waals surface area contributed by atoms with E-state index in [1.54, 1.807) is 0 Å². The first-order valence-corrected chi connectivity index (χ1v) is 8.66. The summed E-state index contributed by atoms with van der Waals surface area (Å²) < 4.78 is 0. The average molecular weight is 284 g/mol. The summed E-state index contributed by atoms with van der Waals surface area (Å²) >= 11 is 0. The third-order valence-corrected chi connectivity index (χ3v) is 4.35. The fourth-order valence-corrected chi connectivity index (χ4v) is 3.42. The first-order valence-electron chi connectivity index (χ1n) is 8.66. The molecule has 120 valence electrons. The Kier molecular flexibility index (Phi) is 8.74. The fourth-order valence-electron chi connectivity index (χ4n) is 3.42. The van der Waals surface area contributed by atoms with Crippen molar-refractivity contribution in [2.45, 2.75) is 65.0 Å². The van der Waals surface area contributed by atoms with Crippen LogP contribution in [0.2, 0.25) is 0 Å². The summed E-state index contributed by atoms with van der Waals surface area (Å²) in [6.45, 7) is 11.7. The number of likely N-dealkylation sites (N-methyl/N-ethyl adjacent to an activating group) is 2. The Labute approximate surface area is 127 Å². The molecule has 0 heterocycles. The second-order valence-electron chi connectivity index (χ2n) is 7.06. The molecule has 0 amide bonds. The quantitative estimate of drug-likeness (QED) is 0.691. The van der Waals surface area contributed by atoms with E-state index in [9.17, 15) is 0 Å². The van der Waals surface area contributed by atoms with E-state index in [0.717, 1.165) is 18.5 Å². The Morgan fingerprint density at radius 2 is 1.75 bits per heavy atom. The predicted molar refractivity (Wildman–Crippen MR) is 89.3 cm³/mol. The molecule has 0 aromatic heterocycles. The van der Waals surface area contributed by atoms with Crippen molar-refractivity contribution < 1.29 is 0 Å². The lowest BCUT2D eigenvalue weighted by Crippen LogP contribution is -2.52. The Bertz CT molecular complexity index is 240. The third kappa shape index (κ3) is 6.55. The molecule has 0 saturated heterocycles. The number of rotatable bonds is 8. The van der Waals surface area contributed by atoms with Gasteiger partial charge in [0.1, 0.15) is 0 Å². The van der Waals surface area contributed by atoms with Crippen LogP contribution < -0.4 is 5.32 Å². The monoisotopic (exact) mass is 283 g/mol. The van der Waals surface area contributed by atoms with Crippen LogP contribution in [0.4, 0.5) is 0 Å². The zero-order chi connectivity index (χ0) is 15.0. The van der Waals surface area contributed by atoms with Crippen molar-refractivity contribution in [2.24, 2.45) is 5.92 Å². The van der Waals surface area contributed by atoms with Gasteiger partial charge in [0.05, 0.1) is 0 Å². The molecule has 2 atom stereocenters. The molecule has 1 N–H and O–H groups in total. The Hall–Kier alpha value is -0.120. The molecule has 2 unspecified atom stereocenters. The number of hydrogen-bond acceptors (Lipinski definition) is 3. The molecule has 1 aliphatic carbocycles. The van der Waals surface area contributed by atoms with Crippen LogP contribution in [-0.2, 0) is 0 Å². The summed E-state index contributed by atoms with van der Waals surface area (Å²) in [5.74, 6) is 0.752. The van der Waals surface area contributed by atoms with E-state index in [0.29, 0.717) is 6.04 Å². The van der Waals surface area contributed by atoms with Crippen molar-refractivity contribution in [1.82, 2.24) is 15.1 Å². The second kappa shape index (κ2) is 9.75. The van der Waals surface area contributed by atoms with Crippen LogP contribution in [0, 0.1) is 5.92 Å². The van der Waals surface area contributed by atoms with Gasteiger partial charge in [-0.15, -0.1) is 0 Å². The van der Waals surface area contributed by atoms with Crippen molar-refractivity contribution in [3.05, 3.63) is 0 Å². The SMILES string of the molecule is CCNC1CCCCCC1N(CCN(C)C)CC(C)C. The van der Waals surface area contributed by atoms with Gasteiger partial charge in [-0.25, -0.2) is 0 Å². The van der Waals surface area contributed by atoms with Crippen LogP contribution in [0.1, 0.15) is 52.9 Å². The van der Waals surface area contributed by atoms with Crippen molar-refractivity contribution in [3.63, 3.8) is 0 Å². The summed E-state index contributed by atoms with van der Waals surface area (Å²) in [7, 11) is 4.37. The first-order chi connectivity index (χ1) is 9.54. The van der Waals surface area contributed by atoms with E-state index in [2.05, 4.69) is 50.0 Å². The van der Waals surface area contributed by atoms with Crippen LogP contribution in [0.5, 0.6) is 0 Å². The average Bonchev–Trinajstić information content (AvgIpc) is 2.60. The van der Waals surface area contributed by atoms with Gasteiger partial charge in [-0.05, 0) is 39.4 Å². The lowest BCUT2D eigenvalue weighted by Gasteiger charge is -2.38. The third-order valence-electron chi connectivity index (χ3n) is 4.35. The fraction of sp³-hybridized carbons (Fsp3) is 1.00. The largest absolute Gasteiger partial charge is 0.313 e. The highest BCUT2D eigenvalue weighted by Crippen LogP contribution is 2.23. The lowest BCUT2D eigenvalue weighted by molar-refractivity contribution is 0.123. The minimum atomic E-state index is 0.698. The maximum absolute atomic E-state index is 3.76. The second-order valence-corrected chi connectivity index (χ2v) is 7.06. The highest BCUT2D eigenvalue weighted by atomic mass is 15.2. The molecule has 20 heavy (non-hydrogen) atoms. The van der Waals surface area contributed by atoms with E-state index < -0.39 is 0 Å². The molecule has 1 aliphatic rings. The number of nitrogens with one attached hydrogen (secondary N) is 1. The molecule has 1 fully saturated rings. The highest BCUT2D eigenvalue weighted by molar-refractivity contribution is 4.87. The smallest absolute Gasteiger partial charge is 0.0249 e. The van der Waals surface area contributed by atoms with Crippen molar-refractivity contribution in [3.8, 4) is 0 Å². The minimum Gasteiger partial charge on any atom is -0.313 e. The maximum atomic E-state index is 3.76. The molecule has 0 aromatic carbocycles. The summed E-state index contributed by atoms with van der Waals surface area (Å²) in [6, 6.07) is 1.43. The van der Waals surface area contributed by atoms with Crippen LogP contribution in [-0.4, -0.2) is 62.2 Å². The molecule has 1 saturated carbocycles. The van der Waals surface area contributed by atoms with E-state index in [4.69, 9.17) is 0 Å². The molecule has 3 heteroatoms. The zero-order valence-corrected chi connectivity index (χ0v) is 14.5. The van der Waals surface area contributed by atoms with Crippen LogP contribution in [0.25, 0.3) is 0 Å². The predicted octanol–water partition coefficient (Wildman–Crippen LogP) is 2.82. The summed E-state index contributed by atoms with van der Waals surface area (Å²) in [6.07, 6.45) is 6.95. The Morgan fingerprint density at radius 3 is 2.35 bits per heavy atom. The normalized spacial score (nSPS) is 24.6. The number of nitrogens with zero attached hydrogens (tertiary/aromatic N) is 2. The van der Waals surface area contributed by atoms with Crippen molar-refractivity contribution in [1.29, 1.82) is 0 Å². The molecule has 1 rings (SSSR count). The molecule has 0 aliphatic heterocycles. The summed E-state index contributed by atoms with van der Waals surface area (Å²) in [4.78, 5) is 5.08. The van der Waals surface area contributed by atoms with E-state index in [-0.39, 0.29) is 0 Å². The zero-order valence-electron chi connectivity index (χ0n) is 14.5. The van der Waals surface area contributed by atoms with E-state index >= 15 is 0 Å². The Balaban J connectivity index is 2.70.